The third kappa shape index (κ3) is 4.31. The molecule has 0 aliphatic carbocycles. The number of anilines is 1. The highest BCUT2D eigenvalue weighted by Gasteiger charge is 2.15. The number of rotatable bonds is 5. The number of nitrogens with zero attached hydrogens (tertiary/aromatic N) is 1. The maximum Gasteiger partial charge on any atom is 0.269 e. The maximum atomic E-state index is 12.0. The Hall–Kier alpha value is -1.99. The van der Waals surface area contributed by atoms with Gasteiger partial charge < -0.3 is 10.1 Å². The van der Waals surface area contributed by atoms with Gasteiger partial charge in [-0.3, -0.25) is 4.79 Å². The van der Waals surface area contributed by atoms with Crippen LogP contribution in [-0.4, -0.2) is 12.5 Å². The molecule has 0 unspecified atom stereocenters. The van der Waals surface area contributed by atoms with Crippen LogP contribution in [0.2, 0.25) is 5.02 Å². The van der Waals surface area contributed by atoms with Crippen LogP contribution in [0.25, 0.3) is 0 Å². The van der Waals surface area contributed by atoms with E-state index >= 15 is 0 Å². The van der Waals surface area contributed by atoms with Crippen LogP contribution in [0.1, 0.15) is 20.3 Å². The van der Waals surface area contributed by atoms with Crippen LogP contribution in [0.5, 0.6) is 0 Å². The van der Waals surface area contributed by atoms with Crippen molar-refractivity contribution in [2.24, 2.45) is 0 Å². The van der Waals surface area contributed by atoms with Gasteiger partial charge in [-0.15, -0.1) is 0 Å². The van der Waals surface area contributed by atoms with Crippen molar-refractivity contribution in [3.05, 3.63) is 40.6 Å². The molecule has 19 heavy (non-hydrogen) atoms. The molecule has 0 spiro atoms. The fraction of sp³-hybridized carbons (Fsp3) is 0.286. The minimum Gasteiger partial charge on any atom is -0.497 e. The lowest BCUT2D eigenvalue weighted by atomic mass is 10.2. The van der Waals surface area contributed by atoms with Gasteiger partial charge in [0.15, 0.2) is 5.57 Å². The predicted octanol–water partition coefficient (Wildman–Crippen LogP) is 3.50. The number of carbonyl (C=O) groups excluding carboxylic acids is 1. The summed E-state index contributed by atoms with van der Waals surface area (Å²) >= 11 is 5.76. The van der Waals surface area contributed by atoms with Gasteiger partial charge in [-0.1, -0.05) is 18.5 Å². The van der Waals surface area contributed by atoms with Crippen molar-refractivity contribution in [3.63, 3.8) is 0 Å². The normalized spacial score (nSPS) is 11.3. The lowest BCUT2D eigenvalue weighted by molar-refractivity contribution is -0.112. The first kappa shape index (κ1) is 15.1. The SMILES string of the molecule is CCO/C(CC)=C(\C#N)C(=O)Nc1ccc(Cl)cc1. The average molecular weight is 279 g/mol. The van der Waals surface area contributed by atoms with Crippen LogP contribution >= 0.6 is 11.6 Å². The molecule has 0 saturated heterocycles. The molecule has 0 heterocycles. The highest BCUT2D eigenvalue weighted by Crippen LogP contribution is 2.16. The molecule has 0 saturated carbocycles. The molecule has 5 heteroatoms. The van der Waals surface area contributed by atoms with Gasteiger partial charge >= 0.3 is 0 Å². The highest BCUT2D eigenvalue weighted by molar-refractivity contribution is 6.30. The molecule has 0 fully saturated rings. The molecule has 0 aliphatic heterocycles. The highest BCUT2D eigenvalue weighted by atomic mass is 35.5. The van der Waals surface area contributed by atoms with E-state index in [0.717, 1.165) is 0 Å². The lowest BCUT2D eigenvalue weighted by Gasteiger charge is -2.10. The van der Waals surface area contributed by atoms with Crippen molar-refractivity contribution in [2.45, 2.75) is 20.3 Å². The van der Waals surface area contributed by atoms with Gasteiger partial charge in [-0.25, -0.2) is 0 Å². The third-order valence-corrected chi connectivity index (χ3v) is 2.61. The van der Waals surface area contributed by atoms with Crippen molar-refractivity contribution < 1.29 is 9.53 Å². The first-order valence-corrected chi connectivity index (χ1v) is 6.33. The van der Waals surface area contributed by atoms with Gasteiger partial charge in [-0.05, 0) is 31.2 Å². The second kappa shape index (κ2) is 7.45. The van der Waals surface area contributed by atoms with E-state index in [1.807, 2.05) is 19.9 Å². The van der Waals surface area contributed by atoms with Crippen LogP contribution in [-0.2, 0) is 9.53 Å². The molecule has 100 valence electrons. The summed E-state index contributed by atoms with van der Waals surface area (Å²) in [5, 5.41) is 12.3. The van der Waals surface area contributed by atoms with Crippen LogP contribution in [0.4, 0.5) is 5.69 Å². The molecule has 0 aromatic heterocycles. The Labute approximate surface area is 117 Å². The minimum atomic E-state index is -0.477. The Bertz CT molecular complexity index is 515. The Kier molecular flexibility index (Phi) is 5.91. The van der Waals surface area contributed by atoms with E-state index in [9.17, 15) is 4.79 Å². The molecule has 1 rings (SSSR count). The first-order valence-electron chi connectivity index (χ1n) is 5.95. The minimum absolute atomic E-state index is 0.000648. The second-order valence-corrected chi connectivity index (χ2v) is 4.09. The molecule has 1 amide bonds. The molecule has 0 atom stereocenters. The summed E-state index contributed by atoms with van der Waals surface area (Å²) in [4.78, 5) is 12.0. The number of allylic oxidation sites excluding steroid dienone is 1. The number of hydrogen-bond donors (Lipinski definition) is 1. The number of halogens is 1. The molecule has 4 nitrogen and oxygen atoms in total. The molecule has 1 aromatic carbocycles. The van der Waals surface area contributed by atoms with E-state index < -0.39 is 5.91 Å². The van der Waals surface area contributed by atoms with Crippen molar-refractivity contribution in [1.29, 1.82) is 5.26 Å². The zero-order valence-electron chi connectivity index (χ0n) is 10.9. The number of hydrogen-bond acceptors (Lipinski definition) is 3. The molecule has 0 bridgehead atoms. The number of nitrogens with one attached hydrogen (secondary N) is 1. The van der Waals surface area contributed by atoms with Gasteiger partial charge in [0.25, 0.3) is 5.91 Å². The molecular formula is C14H15ClN2O2. The quantitative estimate of drug-likeness (QED) is 0.509. The van der Waals surface area contributed by atoms with Gasteiger partial charge in [0.05, 0.1) is 6.61 Å². The molecule has 0 radical (unpaired) electrons. The average Bonchev–Trinajstić information content (AvgIpc) is 2.41. The van der Waals surface area contributed by atoms with Crippen LogP contribution in [0.3, 0.4) is 0 Å². The monoisotopic (exact) mass is 278 g/mol. The van der Waals surface area contributed by atoms with Gasteiger partial charge in [0.2, 0.25) is 0 Å². The Morgan fingerprint density at radius 2 is 2.00 bits per heavy atom. The number of ether oxygens (including phenoxy) is 1. The van der Waals surface area contributed by atoms with E-state index in [4.69, 9.17) is 21.6 Å². The second-order valence-electron chi connectivity index (χ2n) is 3.66. The summed E-state index contributed by atoms with van der Waals surface area (Å²) < 4.78 is 5.30. The summed E-state index contributed by atoms with van der Waals surface area (Å²) in [6, 6.07) is 8.55. The standard InChI is InChI=1S/C14H15ClN2O2/c1-3-13(19-4-2)12(9-16)14(18)17-11-7-5-10(15)6-8-11/h5-8H,3-4H2,1-2H3,(H,17,18)/b13-12+. The largest absolute Gasteiger partial charge is 0.497 e. The molecule has 1 N–H and O–H groups in total. The zero-order valence-corrected chi connectivity index (χ0v) is 11.6. The summed E-state index contributed by atoms with van der Waals surface area (Å²) in [5.41, 5.74) is 0.577. The third-order valence-electron chi connectivity index (χ3n) is 2.36. The fourth-order valence-corrected chi connectivity index (χ4v) is 1.62. The smallest absolute Gasteiger partial charge is 0.269 e. The number of amides is 1. The van der Waals surface area contributed by atoms with Crippen molar-refractivity contribution in [1.82, 2.24) is 0 Å². The molecular weight excluding hydrogens is 264 g/mol. The van der Waals surface area contributed by atoms with Gasteiger partial charge in [0, 0.05) is 17.1 Å². The fourth-order valence-electron chi connectivity index (χ4n) is 1.49. The van der Waals surface area contributed by atoms with Crippen LogP contribution in [0.15, 0.2) is 35.6 Å². The van der Waals surface area contributed by atoms with Gasteiger partial charge in [0.1, 0.15) is 11.8 Å². The molecule has 0 aliphatic rings. The van der Waals surface area contributed by atoms with E-state index in [1.54, 1.807) is 24.3 Å². The lowest BCUT2D eigenvalue weighted by Crippen LogP contribution is -2.16. The van der Waals surface area contributed by atoms with E-state index in [-0.39, 0.29) is 5.57 Å². The van der Waals surface area contributed by atoms with Crippen molar-refractivity contribution in [3.8, 4) is 6.07 Å². The van der Waals surface area contributed by atoms with E-state index in [1.165, 1.54) is 0 Å². The van der Waals surface area contributed by atoms with E-state index in [0.29, 0.717) is 29.5 Å². The predicted molar refractivity (Wildman–Crippen MR) is 74.6 cm³/mol. The Morgan fingerprint density at radius 3 is 2.47 bits per heavy atom. The van der Waals surface area contributed by atoms with E-state index in [2.05, 4.69) is 5.32 Å². The summed E-state index contributed by atoms with van der Waals surface area (Å²) in [7, 11) is 0. The summed E-state index contributed by atoms with van der Waals surface area (Å²) in [5.74, 6) is -0.0772. The number of nitriles is 1. The number of carbonyl (C=O) groups is 1. The first-order chi connectivity index (χ1) is 9.12. The summed E-state index contributed by atoms with van der Waals surface area (Å²) in [6.07, 6.45) is 0.491. The van der Waals surface area contributed by atoms with Crippen molar-refractivity contribution >= 4 is 23.2 Å². The van der Waals surface area contributed by atoms with Crippen LogP contribution in [0, 0.1) is 11.3 Å². The van der Waals surface area contributed by atoms with Crippen LogP contribution < -0.4 is 5.32 Å². The Balaban J connectivity index is 2.91. The molecule has 1 aromatic rings. The van der Waals surface area contributed by atoms with Gasteiger partial charge in [-0.2, -0.15) is 5.26 Å². The zero-order chi connectivity index (χ0) is 14.3. The maximum absolute atomic E-state index is 12.0. The number of benzene rings is 1. The Morgan fingerprint density at radius 1 is 1.37 bits per heavy atom. The topological polar surface area (TPSA) is 62.1 Å². The van der Waals surface area contributed by atoms with Crippen molar-refractivity contribution in [2.75, 3.05) is 11.9 Å². The summed E-state index contributed by atoms with van der Waals surface area (Å²) in [6.45, 7) is 4.06.